The van der Waals surface area contributed by atoms with Crippen LogP contribution < -0.4 is 5.32 Å². The molecule has 1 fully saturated rings. The lowest BCUT2D eigenvalue weighted by atomic mass is 10.0. The Bertz CT molecular complexity index is 425. The Kier molecular flexibility index (Phi) is 3.43. The van der Waals surface area contributed by atoms with Gasteiger partial charge in [0, 0.05) is 25.6 Å². The summed E-state index contributed by atoms with van der Waals surface area (Å²) in [6, 6.07) is 0. The van der Waals surface area contributed by atoms with Crippen molar-refractivity contribution >= 4 is 0 Å². The van der Waals surface area contributed by atoms with Crippen LogP contribution in [-0.2, 0) is 17.8 Å². The molecule has 3 rings (SSSR count). The zero-order valence-corrected chi connectivity index (χ0v) is 10.6. The molecule has 0 bridgehead atoms. The third-order valence-corrected chi connectivity index (χ3v) is 3.60. The SMILES string of the molecule is C=CCOC[C@@H]1CNCc2nnn(CC3CC3)c21. The van der Waals surface area contributed by atoms with Gasteiger partial charge in [-0.25, -0.2) is 4.68 Å². The van der Waals surface area contributed by atoms with E-state index in [1.165, 1.54) is 18.5 Å². The summed E-state index contributed by atoms with van der Waals surface area (Å²) in [7, 11) is 0. The third-order valence-electron chi connectivity index (χ3n) is 3.60. The number of hydrogen-bond acceptors (Lipinski definition) is 4. The van der Waals surface area contributed by atoms with Gasteiger partial charge in [-0.05, 0) is 18.8 Å². The highest BCUT2D eigenvalue weighted by atomic mass is 16.5. The molecule has 0 unspecified atom stereocenters. The average Bonchev–Trinajstić information content (AvgIpc) is 3.10. The largest absolute Gasteiger partial charge is 0.377 e. The monoisotopic (exact) mass is 248 g/mol. The molecule has 18 heavy (non-hydrogen) atoms. The number of aromatic nitrogens is 3. The van der Waals surface area contributed by atoms with Gasteiger partial charge in [-0.3, -0.25) is 0 Å². The van der Waals surface area contributed by atoms with Crippen LogP contribution in [0.5, 0.6) is 0 Å². The van der Waals surface area contributed by atoms with Gasteiger partial charge in [0.15, 0.2) is 0 Å². The molecular weight excluding hydrogens is 228 g/mol. The summed E-state index contributed by atoms with van der Waals surface area (Å²) in [5.41, 5.74) is 2.37. The zero-order valence-electron chi connectivity index (χ0n) is 10.6. The first kappa shape index (κ1) is 11.9. The number of nitrogens with one attached hydrogen (secondary N) is 1. The minimum absolute atomic E-state index is 0.363. The normalized spacial score (nSPS) is 22.8. The molecule has 98 valence electrons. The molecule has 1 aromatic rings. The Morgan fingerprint density at radius 2 is 2.39 bits per heavy atom. The van der Waals surface area contributed by atoms with E-state index < -0.39 is 0 Å². The summed E-state index contributed by atoms with van der Waals surface area (Å²) in [6.07, 6.45) is 4.46. The lowest BCUT2D eigenvalue weighted by Gasteiger charge is -2.23. The molecule has 0 spiro atoms. The molecule has 5 heteroatoms. The number of hydrogen-bond donors (Lipinski definition) is 1. The number of nitrogens with zero attached hydrogens (tertiary/aromatic N) is 3. The van der Waals surface area contributed by atoms with E-state index in [1.807, 2.05) is 0 Å². The molecule has 1 N–H and O–H groups in total. The fourth-order valence-corrected chi connectivity index (χ4v) is 2.50. The van der Waals surface area contributed by atoms with Gasteiger partial charge >= 0.3 is 0 Å². The van der Waals surface area contributed by atoms with Crippen LogP contribution >= 0.6 is 0 Å². The van der Waals surface area contributed by atoms with E-state index in [0.717, 1.165) is 31.2 Å². The van der Waals surface area contributed by atoms with Crippen molar-refractivity contribution in [1.82, 2.24) is 20.3 Å². The lowest BCUT2D eigenvalue weighted by molar-refractivity contribution is 0.140. The Morgan fingerprint density at radius 3 is 3.17 bits per heavy atom. The number of rotatable bonds is 6. The molecule has 0 amide bonds. The molecule has 1 aliphatic carbocycles. The Hall–Kier alpha value is -1.20. The van der Waals surface area contributed by atoms with Crippen molar-refractivity contribution in [3.05, 3.63) is 24.0 Å². The molecular formula is C13H20N4O. The second-order valence-electron chi connectivity index (χ2n) is 5.20. The molecule has 0 saturated heterocycles. The smallest absolute Gasteiger partial charge is 0.100 e. The predicted octanol–water partition coefficient (Wildman–Crippen LogP) is 1.08. The average molecular weight is 248 g/mol. The van der Waals surface area contributed by atoms with Crippen LogP contribution in [0.25, 0.3) is 0 Å². The minimum atomic E-state index is 0.363. The van der Waals surface area contributed by atoms with Crippen LogP contribution in [0.15, 0.2) is 12.7 Å². The van der Waals surface area contributed by atoms with E-state index in [2.05, 4.69) is 26.9 Å². The fraction of sp³-hybridized carbons (Fsp3) is 0.692. The van der Waals surface area contributed by atoms with Gasteiger partial charge in [-0.15, -0.1) is 11.7 Å². The molecule has 1 saturated carbocycles. The molecule has 1 aromatic heterocycles. The quantitative estimate of drug-likeness (QED) is 0.604. The number of ether oxygens (including phenoxy) is 1. The molecule has 2 aliphatic rings. The topological polar surface area (TPSA) is 52.0 Å². The van der Waals surface area contributed by atoms with Crippen molar-refractivity contribution in [2.45, 2.75) is 31.8 Å². The van der Waals surface area contributed by atoms with Crippen LogP contribution in [0.4, 0.5) is 0 Å². The Morgan fingerprint density at radius 1 is 1.50 bits per heavy atom. The van der Waals surface area contributed by atoms with E-state index in [9.17, 15) is 0 Å². The second kappa shape index (κ2) is 5.20. The van der Waals surface area contributed by atoms with Crippen molar-refractivity contribution in [1.29, 1.82) is 0 Å². The molecule has 1 atom stereocenters. The number of fused-ring (bicyclic) bond motifs is 1. The first-order valence-electron chi connectivity index (χ1n) is 6.70. The van der Waals surface area contributed by atoms with Gasteiger partial charge < -0.3 is 10.1 Å². The molecule has 5 nitrogen and oxygen atoms in total. The van der Waals surface area contributed by atoms with Gasteiger partial charge in [-0.1, -0.05) is 11.3 Å². The van der Waals surface area contributed by atoms with Gasteiger partial charge in [0.1, 0.15) is 5.69 Å². The standard InChI is InChI=1S/C13H20N4O/c1-2-5-18-9-11-6-14-7-12-13(11)17(16-15-12)8-10-3-4-10/h2,10-11,14H,1,3-9H2/t11-/m0/s1. The van der Waals surface area contributed by atoms with Crippen molar-refractivity contribution in [2.24, 2.45) is 5.92 Å². The van der Waals surface area contributed by atoms with Crippen molar-refractivity contribution in [3.8, 4) is 0 Å². The first-order chi connectivity index (χ1) is 8.88. The van der Waals surface area contributed by atoms with E-state index in [-0.39, 0.29) is 0 Å². The van der Waals surface area contributed by atoms with Gasteiger partial charge in [-0.2, -0.15) is 0 Å². The minimum Gasteiger partial charge on any atom is -0.377 e. The highest BCUT2D eigenvalue weighted by molar-refractivity contribution is 5.19. The summed E-state index contributed by atoms with van der Waals surface area (Å²) in [5.74, 6) is 1.18. The zero-order chi connectivity index (χ0) is 12.4. The second-order valence-corrected chi connectivity index (χ2v) is 5.20. The molecule has 1 aliphatic heterocycles. The summed E-state index contributed by atoms with van der Waals surface area (Å²) in [6.45, 7) is 7.80. The van der Waals surface area contributed by atoms with Crippen molar-refractivity contribution in [2.75, 3.05) is 19.8 Å². The molecule has 0 radical (unpaired) electrons. The Labute approximate surface area is 107 Å². The van der Waals surface area contributed by atoms with E-state index in [0.29, 0.717) is 19.1 Å². The van der Waals surface area contributed by atoms with E-state index in [1.54, 1.807) is 6.08 Å². The summed E-state index contributed by atoms with van der Waals surface area (Å²) < 4.78 is 7.70. The van der Waals surface area contributed by atoms with Crippen LogP contribution in [0, 0.1) is 5.92 Å². The van der Waals surface area contributed by atoms with Crippen LogP contribution in [0.1, 0.15) is 30.1 Å². The maximum atomic E-state index is 5.60. The molecule has 2 heterocycles. The summed E-state index contributed by atoms with van der Waals surface area (Å²) in [4.78, 5) is 0. The lowest BCUT2D eigenvalue weighted by Crippen LogP contribution is -2.32. The van der Waals surface area contributed by atoms with Crippen LogP contribution in [-0.4, -0.2) is 34.8 Å². The Balaban J connectivity index is 1.73. The van der Waals surface area contributed by atoms with E-state index in [4.69, 9.17) is 4.74 Å². The molecule has 0 aromatic carbocycles. The first-order valence-corrected chi connectivity index (χ1v) is 6.70. The van der Waals surface area contributed by atoms with Crippen LogP contribution in [0.2, 0.25) is 0 Å². The van der Waals surface area contributed by atoms with Crippen molar-refractivity contribution < 1.29 is 4.74 Å². The highest BCUT2D eigenvalue weighted by Gasteiger charge is 2.29. The predicted molar refractivity (Wildman–Crippen MR) is 68.2 cm³/mol. The maximum absolute atomic E-state index is 5.60. The van der Waals surface area contributed by atoms with Gasteiger partial charge in [0.05, 0.1) is 18.9 Å². The van der Waals surface area contributed by atoms with Crippen LogP contribution in [0.3, 0.4) is 0 Å². The third kappa shape index (κ3) is 2.47. The highest BCUT2D eigenvalue weighted by Crippen LogP contribution is 2.32. The fourth-order valence-electron chi connectivity index (χ4n) is 2.50. The maximum Gasteiger partial charge on any atom is 0.100 e. The summed E-state index contributed by atoms with van der Waals surface area (Å²) in [5, 5.41) is 12.0. The van der Waals surface area contributed by atoms with Gasteiger partial charge in [0.2, 0.25) is 0 Å². The van der Waals surface area contributed by atoms with Crippen molar-refractivity contribution in [3.63, 3.8) is 0 Å². The van der Waals surface area contributed by atoms with E-state index >= 15 is 0 Å². The summed E-state index contributed by atoms with van der Waals surface area (Å²) >= 11 is 0. The van der Waals surface area contributed by atoms with Gasteiger partial charge in [0.25, 0.3) is 0 Å².